The summed E-state index contributed by atoms with van der Waals surface area (Å²) in [7, 11) is 0. The largest absolute Gasteiger partial charge is 0.386 e. The smallest absolute Gasteiger partial charge is 0.101 e. The highest BCUT2D eigenvalue weighted by molar-refractivity contribution is 5.23. The number of rotatable bonds is 4. The fourth-order valence-corrected chi connectivity index (χ4v) is 4.04. The Balaban J connectivity index is 2.37. The Morgan fingerprint density at radius 3 is 2.89 bits per heavy atom. The number of fused-ring (bicyclic) bond motifs is 1. The Morgan fingerprint density at radius 2 is 2.22 bits per heavy atom. The van der Waals surface area contributed by atoms with Crippen LogP contribution >= 0.6 is 0 Å². The number of ether oxygens (including phenoxy) is 1. The molecule has 0 heterocycles. The minimum absolute atomic E-state index is 0.214. The summed E-state index contributed by atoms with van der Waals surface area (Å²) in [6, 6.07) is 0. The zero-order valence-corrected chi connectivity index (χ0v) is 11.6. The summed E-state index contributed by atoms with van der Waals surface area (Å²) in [6.07, 6.45) is 8.66. The van der Waals surface area contributed by atoms with Crippen molar-refractivity contribution in [1.29, 1.82) is 0 Å². The van der Waals surface area contributed by atoms with Crippen LogP contribution < -0.4 is 0 Å². The molecule has 2 saturated carbocycles. The maximum atomic E-state index is 11.3. The third-order valence-corrected chi connectivity index (χ3v) is 4.90. The van der Waals surface area contributed by atoms with Gasteiger partial charge in [-0.15, -0.1) is 6.58 Å². The van der Waals surface area contributed by atoms with Gasteiger partial charge in [0.15, 0.2) is 0 Å². The molecule has 3 unspecified atom stereocenters. The van der Waals surface area contributed by atoms with Crippen molar-refractivity contribution < 1.29 is 9.84 Å². The topological polar surface area (TPSA) is 29.5 Å². The van der Waals surface area contributed by atoms with Gasteiger partial charge in [-0.05, 0) is 39.0 Å². The van der Waals surface area contributed by atoms with Crippen molar-refractivity contribution in [3.05, 3.63) is 24.8 Å². The molecule has 0 aromatic rings. The quantitative estimate of drug-likeness (QED) is 0.772. The van der Waals surface area contributed by atoms with Crippen LogP contribution in [0.4, 0.5) is 0 Å². The van der Waals surface area contributed by atoms with Crippen molar-refractivity contribution in [3.8, 4) is 0 Å². The molecule has 0 spiro atoms. The second kappa shape index (κ2) is 5.18. The maximum absolute atomic E-state index is 11.3. The predicted molar refractivity (Wildman–Crippen MR) is 74.5 cm³/mol. The number of hydrogen-bond donors (Lipinski definition) is 1. The van der Waals surface area contributed by atoms with Crippen molar-refractivity contribution in [2.75, 3.05) is 6.61 Å². The number of aliphatic hydroxyl groups is 1. The van der Waals surface area contributed by atoms with Crippen LogP contribution in [0.25, 0.3) is 0 Å². The van der Waals surface area contributed by atoms with Crippen LogP contribution in [0, 0.1) is 5.92 Å². The van der Waals surface area contributed by atoms with Crippen LogP contribution in [-0.2, 0) is 4.74 Å². The highest BCUT2D eigenvalue weighted by Crippen LogP contribution is 2.53. The van der Waals surface area contributed by atoms with Gasteiger partial charge in [-0.1, -0.05) is 31.1 Å². The van der Waals surface area contributed by atoms with Gasteiger partial charge in [0.2, 0.25) is 0 Å². The van der Waals surface area contributed by atoms with Crippen LogP contribution in [0.3, 0.4) is 0 Å². The van der Waals surface area contributed by atoms with E-state index in [4.69, 9.17) is 4.74 Å². The monoisotopic (exact) mass is 250 g/mol. The summed E-state index contributed by atoms with van der Waals surface area (Å²) in [5, 5.41) is 11.3. The van der Waals surface area contributed by atoms with E-state index in [1.54, 1.807) is 0 Å². The molecule has 0 aromatic heterocycles. The van der Waals surface area contributed by atoms with Gasteiger partial charge in [0.05, 0.1) is 0 Å². The standard InChI is InChI=1S/C16H26O2/c1-4-10-15(18-5-2)12-9-13(3)14-8-6-7-11-16(14,15)17/h4,14,17H,1,3,5-12H2,2H3. The molecule has 0 aliphatic heterocycles. The first-order valence-corrected chi connectivity index (χ1v) is 7.24. The summed E-state index contributed by atoms with van der Waals surface area (Å²) < 4.78 is 6.07. The van der Waals surface area contributed by atoms with E-state index in [1.807, 2.05) is 13.0 Å². The van der Waals surface area contributed by atoms with Gasteiger partial charge < -0.3 is 9.84 Å². The lowest BCUT2D eigenvalue weighted by molar-refractivity contribution is -0.225. The lowest BCUT2D eigenvalue weighted by atomic mass is 9.57. The lowest BCUT2D eigenvalue weighted by Crippen LogP contribution is -2.63. The molecule has 2 aliphatic rings. The second-order valence-corrected chi connectivity index (χ2v) is 5.80. The SMILES string of the molecule is C=CCC1(OCC)CCC(=C)C2CCCCC21O. The van der Waals surface area contributed by atoms with Crippen LogP contribution in [-0.4, -0.2) is 22.9 Å². The van der Waals surface area contributed by atoms with E-state index in [-0.39, 0.29) is 5.92 Å². The van der Waals surface area contributed by atoms with Crippen LogP contribution in [0.5, 0.6) is 0 Å². The van der Waals surface area contributed by atoms with Gasteiger partial charge in [-0.25, -0.2) is 0 Å². The van der Waals surface area contributed by atoms with Crippen LogP contribution in [0.2, 0.25) is 0 Å². The zero-order valence-electron chi connectivity index (χ0n) is 11.6. The Hall–Kier alpha value is -0.600. The molecule has 2 rings (SSSR count). The fourth-order valence-electron chi connectivity index (χ4n) is 4.04. The van der Waals surface area contributed by atoms with Crippen LogP contribution in [0.1, 0.15) is 51.9 Å². The van der Waals surface area contributed by atoms with Crippen molar-refractivity contribution in [3.63, 3.8) is 0 Å². The van der Waals surface area contributed by atoms with E-state index < -0.39 is 11.2 Å². The predicted octanol–water partition coefficient (Wildman–Crippen LogP) is 3.61. The molecular formula is C16H26O2. The highest BCUT2D eigenvalue weighted by atomic mass is 16.5. The van der Waals surface area contributed by atoms with Crippen molar-refractivity contribution in [1.82, 2.24) is 0 Å². The molecule has 2 heteroatoms. The molecule has 0 amide bonds. The molecule has 2 fully saturated rings. The van der Waals surface area contributed by atoms with E-state index in [9.17, 15) is 5.11 Å². The summed E-state index contributed by atoms with van der Waals surface area (Å²) in [5.41, 5.74) is 0.0530. The normalized spacial score (nSPS) is 40.3. The van der Waals surface area contributed by atoms with Crippen LogP contribution in [0.15, 0.2) is 24.8 Å². The van der Waals surface area contributed by atoms with Crippen molar-refractivity contribution in [2.45, 2.75) is 63.1 Å². The Kier molecular flexibility index (Phi) is 3.98. The summed E-state index contributed by atoms with van der Waals surface area (Å²) in [6.45, 7) is 10.7. The molecule has 1 N–H and O–H groups in total. The molecule has 0 aromatic carbocycles. The number of hydrogen-bond acceptors (Lipinski definition) is 2. The molecule has 0 bridgehead atoms. The van der Waals surface area contributed by atoms with E-state index >= 15 is 0 Å². The van der Waals surface area contributed by atoms with Crippen molar-refractivity contribution >= 4 is 0 Å². The molecule has 18 heavy (non-hydrogen) atoms. The average molecular weight is 250 g/mol. The van der Waals surface area contributed by atoms with E-state index in [0.29, 0.717) is 6.61 Å². The van der Waals surface area contributed by atoms with E-state index in [0.717, 1.165) is 38.5 Å². The molecule has 102 valence electrons. The molecule has 2 nitrogen and oxygen atoms in total. The van der Waals surface area contributed by atoms with Gasteiger partial charge in [0.25, 0.3) is 0 Å². The first-order valence-electron chi connectivity index (χ1n) is 7.24. The molecule has 0 radical (unpaired) electrons. The third kappa shape index (κ3) is 1.96. The summed E-state index contributed by atoms with van der Waals surface area (Å²) >= 11 is 0. The molecule has 2 aliphatic carbocycles. The maximum Gasteiger partial charge on any atom is 0.101 e. The Labute approximate surface area is 111 Å². The summed E-state index contributed by atoms with van der Waals surface area (Å²) in [4.78, 5) is 0. The minimum Gasteiger partial charge on any atom is -0.386 e. The second-order valence-electron chi connectivity index (χ2n) is 5.80. The van der Waals surface area contributed by atoms with Gasteiger partial charge >= 0.3 is 0 Å². The van der Waals surface area contributed by atoms with E-state index in [2.05, 4.69) is 13.2 Å². The minimum atomic E-state index is -0.731. The third-order valence-electron chi connectivity index (χ3n) is 4.90. The first kappa shape index (κ1) is 13.8. The fraction of sp³-hybridized carbons (Fsp3) is 0.750. The Bertz CT molecular complexity index is 334. The van der Waals surface area contributed by atoms with Crippen molar-refractivity contribution in [2.24, 2.45) is 5.92 Å². The Morgan fingerprint density at radius 1 is 1.44 bits per heavy atom. The van der Waals surface area contributed by atoms with Gasteiger partial charge in [0, 0.05) is 12.5 Å². The molecule has 3 atom stereocenters. The summed E-state index contributed by atoms with van der Waals surface area (Å²) in [5.74, 6) is 0.214. The van der Waals surface area contributed by atoms with E-state index in [1.165, 1.54) is 12.0 Å². The van der Waals surface area contributed by atoms with Gasteiger partial charge in [-0.2, -0.15) is 0 Å². The average Bonchev–Trinajstić information content (AvgIpc) is 2.35. The zero-order chi connectivity index (χ0) is 13.2. The highest BCUT2D eigenvalue weighted by Gasteiger charge is 2.58. The first-order chi connectivity index (χ1) is 8.59. The van der Waals surface area contributed by atoms with Gasteiger partial charge in [-0.3, -0.25) is 0 Å². The lowest BCUT2D eigenvalue weighted by Gasteiger charge is -2.56. The molecule has 0 saturated heterocycles. The van der Waals surface area contributed by atoms with Gasteiger partial charge in [0.1, 0.15) is 11.2 Å². The molecular weight excluding hydrogens is 224 g/mol.